The van der Waals surface area contributed by atoms with Crippen molar-refractivity contribution in [2.75, 3.05) is 13.2 Å². The Balaban J connectivity index is 4.35. The maximum absolute atomic E-state index is 12.8. The second kappa shape index (κ2) is 56.4. The number of hydrogen-bond acceptors (Lipinski definition) is 6. The Morgan fingerprint density at radius 2 is 0.594 bits per heavy atom. The lowest BCUT2D eigenvalue weighted by Gasteiger charge is -2.18. The lowest BCUT2D eigenvalue weighted by Crippen LogP contribution is -2.30. The van der Waals surface area contributed by atoms with Crippen LogP contribution in [0.1, 0.15) is 239 Å². The van der Waals surface area contributed by atoms with Crippen LogP contribution in [0.15, 0.2) is 122 Å². The molecule has 0 amide bonds. The Bertz CT molecular complexity index is 1470. The number of ether oxygens (including phenoxy) is 3. The molecule has 0 heterocycles. The van der Waals surface area contributed by atoms with E-state index >= 15 is 0 Å². The first-order valence-corrected chi connectivity index (χ1v) is 28.0. The van der Waals surface area contributed by atoms with Gasteiger partial charge < -0.3 is 14.2 Å². The standard InChI is InChI=1S/C63H102O6/c1-4-7-10-13-16-19-22-25-26-27-28-29-30-31-32-33-34-35-36-39-41-44-47-50-53-56-62(65)68-59-60(69-63(66)57-54-51-48-45-42-38-24-21-18-15-12-9-6-3)58-67-61(64)55-52-49-46-43-40-37-23-20-17-14-11-8-5-2/h7,9-12,14,16,18-21,23,25-26,28-29,38,42,48,51,60H,4-6,8,13,15,17,22,24,27,30-37,39-41,43-47,49-50,52-59H2,1-3H3/b10-7-,12-9-,14-11-,19-16-,21-18-,23-20-,26-25-,29-28-,42-38-,51-48-. The SMILES string of the molecule is CC/C=C\C/C=C\C/C=C\C/C=C\CCCCCCCCCCCCCCC(=O)OCC(COC(=O)CCCCCCC/C=C\C/C=C\CCC)OC(=O)CC/C=C\C/C=C\C/C=C\C/C=C\CC. The molecule has 0 rings (SSSR count). The number of carbonyl (C=O) groups is 3. The van der Waals surface area contributed by atoms with Crippen LogP contribution in [0.5, 0.6) is 0 Å². The molecule has 0 spiro atoms. The van der Waals surface area contributed by atoms with Crippen molar-refractivity contribution in [3.63, 3.8) is 0 Å². The summed E-state index contributed by atoms with van der Waals surface area (Å²) in [5.41, 5.74) is 0. The first-order chi connectivity index (χ1) is 34.0. The van der Waals surface area contributed by atoms with Crippen molar-refractivity contribution in [2.45, 2.75) is 245 Å². The number of carbonyl (C=O) groups excluding carboxylic acids is 3. The first-order valence-electron chi connectivity index (χ1n) is 28.0. The van der Waals surface area contributed by atoms with Crippen LogP contribution >= 0.6 is 0 Å². The predicted octanol–water partition coefficient (Wildman–Crippen LogP) is 18.9. The van der Waals surface area contributed by atoms with Crippen LogP contribution in [-0.2, 0) is 28.6 Å². The van der Waals surface area contributed by atoms with Crippen molar-refractivity contribution in [2.24, 2.45) is 0 Å². The summed E-state index contributed by atoms with van der Waals surface area (Å²) in [6.45, 7) is 6.26. The van der Waals surface area contributed by atoms with Crippen molar-refractivity contribution < 1.29 is 28.6 Å². The Morgan fingerprint density at radius 1 is 0.304 bits per heavy atom. The molecular formula is C63H102O6. The average Bonchev–Trinajstić information content (AvgIpc) is 3.35. The molecular weight excluding hydrogens is 853 g/mol. The summed E-state index contributed by atoms with van der Waals surface area (Å²) in [6.07, 6.45) is 77.8. The molecule has 0 aromatic heterocycles. The van der Waals surface area contributed by atoms with Gasteiger partial charge in [-0.05, 0) is 109 Å². The molecule has 390 valence electrons. The zero-order valence-electron chi connectivity index (χ0n) is 44.5. The van der Waals surface area contributed by atoms with Crippen LogP contribution in [0.4, 0.5) is 0 Å². The monoisotopic (exact) mass is 955 g/mol. The van der Waals surface area contributed by atoms with Gasteiger partial charge in [0, 0.05) is 19.3 Å². The van der Waals surface area contributed by atoms with Gasteiger partial charge >= 0.3 is 17.9 Å². The molecule has 0 aromatic carbocycles. The second-order valence-electron chi connectivity index (χ2n) is 18.1. The highest BCUT2D eigenvalue weighted by Gasteiger charge is 2.19. The van der Waals surface area contributed by atoms with E-state index in [1.807, 2.05) is 12.2 Å². The van der Waals surface area contributed by atoms with E-state index in [4.69, 9.17) is 14.2 Å². The van der Waals surface area contributed by atoms with Gasteiger partial charge in [0.2, 0.25) is 0 Å². The molecule has 0 fully saturated rings. The maximum atomic E-state index is 12.8. The van der Waals surface area contributed by atoms with Crippen LogP contribution in [0.2, 0.25) is 0 Å². The largest absolute Gasteiger partial charge is 0.462 e. The van der Waals surface area contributed by atoms with Crippen LogP contribution in [-0.4, -0.2) is 37.2 Å². The van der Waals surface area contributed by atoms with E-state index in [0.29, 0.717) is 19.3 Å². The molecule has 6 heteroatoms. The average molecular weight is 956 g/mol. The van der Waals surface area contributed by atoms with E-state index < -0.39 is 12.1 Å². The zero-order valence-corrected chi connectivity index (χ0v) is 44.5. The zero-order chi connectivity index (χ0) is 50.0. The number of rotatable bonds is 49. The summed E-state index contributed by atoms with van der Waals surface area (Å²) in [4.78, 5) is 38.0. The van der Waals surface area contributed by atoms with Crippen LogP contribution in [0, 0.1) is 0 Å². The molecule has 0 aliphatic carbocycles. The van der Waals surface area contributed by atoms with Crippen molar-refractivity contribution in [1.82, 2.24) is 0 Å². The van der Waals surface area contributed by atoms with Crippen molar-refractivity contribution in [3.8, 4) is 0 Å². The molecule has 0 saturated carbocycles. The number of unbranched alkanes of at least 4 members (excludes halogenated alkanes) is 18. The normalized spacial score (nSPS) is 13.0. The summed E-state index contributed by atoms with van der Waals surface area (Å²) in [5, 5.41) is 0. The Kier molecular flexibility index (Phi) is 53.0. The smallest absolute Gasteiger partial charge is 0.306 e. The lowest BCUT2D eigenvalue weighted by atomic mass is 10.0. The van der Waals surface area contributed by atoms with Gasteiger partial charge in [0.15, 0.2) is 6.10 Å². The fraction of sp³-hybridized carbons (Fsp3) is 0.635. The molecule has 0 aliphatic heterocycles. The maximum Gasteiger partial charge on any atom is 0.306 e. The Hall–Kier alpha value is -4.19. The second-order valence-corrected chi connectivity index (χ2v) is 18.1. The van der Waals surface area contributed by atoms with Gasteiger partial charge in [-0.25, -0.2) is 0 Å². The lowest BCUT2D eigenvalue weighted by molar-refractivity contribution is -0.166. The van der Waals surface area contributed by atoms with E-state index in [9.17, 15) is 14.4 Å². The Morgan fingerprint density at radius 3 is 0.942 bits per heavy atom. The van der Waals surface area contributed by atoms with Gasteiger partial charge in [-0.2, -0.15) is 0 Å². The molecule has 1 unspecified atom stereocenters. The number of esters is 3. The molecule has 0 aliphatic rings. The third-order valence-corrected chi connectivity index (χ3v) is 11.4. The summed E-state index contributed by atoms with van der Waals surface area (Å²) in [6, 6.07) is 0. The third kappa shape index (κ3) is 54.6. The molecule has 0 N–H and O–H groups in total. The Labute approximate surface area is 424 Å². The summed E-state index contributed by atoms with van der Waals surface area (Å²) in [5.74, 6) is -1.02. The van der Waals surface area contributed by atoms with Crippen molar-refractivity contribution in [3.05, 3.63) is 122 Å². The minimum atomic E-state index is -0.825. The van der Waals surface area contributed by atoms with Crippen LogP contribution in [0.3, 0.4) is 0 Å². The van der Waals surface area contributed by atoms with Crippen molar-refractivity contribution >= 4 is 17.9 Å². The van der Waals surface area contributed by atoms with Gasteiger partial charge in [-0.3, -0.25) is 14.4 Å². The third-order valence-electron chi connectivity index (χ3n) is 11.4. The first kappa shape index (κ1) is 64.8. The molecule has 69 heavy (non-hydrogen) atoms. The predicted molar refractivity (Wildman–Crippen MR) is 297 cm³/mol. The van der Waals surface area contributed by atoms with Crippen LogP contribution < -0.4 is 0 Å². The fourth-order valence-corrected chi connectivity index (χ4v) is 7.31. The molecule has 0 bridgehead atoms. The molecule has 0 radical (unpaired) electrons. The summed E-state index contributed by atoms with van der Waals surface area (Å²) in [7, 11) is 0. The van der Waals surface area contributed by atoms with Gasteiger partial charge in [0.05, 0.1) is 0 Å². The van der Waals surface area contributed by atoms with Gasteiger partial charge in [-0.15, -0.1) is 0 Å². The van der Waals surface area contributed by atoms with Crippen molar-refractivity contribution in [1.29, 1.82) is 0 Å². The fourth-order valence-electron chi connectivity index (χ4n) is 7.31. The quantitative estimate of drug-likeness (QED) is 0.0262. The van der Waals surface area contributed by atoms with E-state index in [1.165, 1.54) is 70.6 Å². The highest BCUT2D eigenvalue weighted by Crippen LogP contribution is 2.15. The van der Waals surface area contributed by atoms with E-state index in [1.54, 1.807) is 0 Å². The van der Waals surface area contributed by atoms with E-state index in [0.717, 1.165) is 122 Å². The number of hydrogen-bond donors (Lipinski definition) is 0. The molecule has 0 aromatic rings. The highest BCUT2D eigenvalue weighted by molar-refractivity contribution is 5.71. The molecule has 0 saturated heterocycles. The highest BCUT2D eigenvalue weighted by atomic mass is 16.6. The summed E-state index contributed by atoms with van der Waals surface area (Å²) >= 11 is 0. The minimum absolute atomic E-state index is 0.114. The van der Waals surface area contributed by atoms with Gasteiger partial charge in [0.25, 0.3) is 0 Å². The topological polar surface area (TPSA) is 78.9 Å². The van der Waals surface area contributed by atoms with Crippen LogP contribution in [0.25, 0.3) is 0 Å². The van der Waals surface area contributed by atoms with Gasteiger partial charge in [-0.1, -0.05) is 232 Å². The van der Waals surface area contributed by atoms with E-state index in [-0.39, 0.29) is 31.6 Å². The number of allylic oxidation sites excluding steroid dienone is 20. The summed E-state index contributed by atoms with van der Waals surface area (Å²) < 4.78 is 16.7. The minimum Gasteiger partial charge on any atom is -0.462 e. The van der Waals surface area contributed by atoms with Gasteiger partial charge in [0.1, 0.15) is 13.2 Å². The van der Waals surface area contributed by atoms with E-state index in [2.05, 4.69) is 130 Å². The molecule has 6 nitrogen and oxygen atoms in total. The molecule has 1 atom stereocenters.